The SMILES string of the molecule is CC(CO)C(C)NC(=O)COC/C=C/c1ccccc1. The lowest BCUT2D eigenvalue weighted by Crippen LogP contribution is -2.40. The Morgan fingerprint density at radius 3 is 2.70 bits per heavy atom. The second-order valence-electron chi connectivity index (χ2n) is 4.84. The summed E-state index contributed by atoms with van der Waals surface area (Å²) in [5.74, 6) is -0.122. The van der Waals surface area contributed by atoms with E-state index in [0.29, 0.717) is 6.61 Å². The molecule has 1 aromatic carbocycles. The van der Waals surface area contributed by atoms with E-state index >= 15 is 0 Å². The third-order valence-corrected chi connectivity index (χ3v) is 3.09. The van der Waals surface area contributed by atoms with Crippen LogP contribution in [0.5, 0.6) is 0 Å². The quantitative estimate of drug-likeness (QED) is 0.713. The Labute approximate surface area is 120 Å². The number of carbonyl (C=O) groups is 1. The van der Waals surface area contributed by atoms with Crippen molar-refractivity contribution in [2.75, 3.05) is 19.8 Å². The van der Waals surface area contributed by atoms with Crippen LogP contribution < -0.4 is 5.32 Å². The maximum Gasteiger partial charge on any atom is 0.246 e. The molecule has 2 atom stereocenters. The van der Waals surface area contributed by atoms with Gasteiger partial charge in [0.2, 0.25) is 5.91 Å². The lowest BCUT2D eigenvalue weighted by atomic mass is 10.1. The predicted molar refractivity (Wildman–Crippen MR) is 80.1 cm³/mol. The van der Waals surface area contributed by atoms with E-state index in [1.54, 1.807) is 0 Å². The second-order valence-corrected chi connectivity index (χ2v) is 4.84. The molecule has 0 saturated heterocycles. The Balaban J connectivity index is 2.18. The maximum atomic E-state index is 11.6. The number of ether oxygens (including phenoxy) is 1. The first-order valence-corrected chi connectivity index (χ1v) is 6.83. The van der Waals surface area contributed by atoms with Crippen LogP contribution in [0.4, 0.5) is 0 Å². The molecule has 0 aromatic heterocycles. The fourth-order valence-electron chi connectivity index (χ4n) is 1.56. The van der Waals surface area contributed by atoms with E-state index in [-0.39, 0.29) is 31.1 Å². The summed E-state index contributed by atoms with van der Waals surface area (Å²) >= 11 is 0. The first-order valence-electron chi connectivity index (χ1n) is 6.83. The molecule has 110 valence electrons. The van der Waals surface area contributed by atoms with Gasteiger partial charge in [-0.15, -0.1) is 0 Å². The first-order chi connectivity index (χ1) is 9.63. The van der Waals surface area contributed by atoms with Gasteiger partial charge in [-0.1, -0.05) is 49.4 Å². The fraction of sp³-hybridized carbons (Fsp3) is 0.438. The molecule has 1 aromatic rings. The summed E-state index contributed by atoms with van der Waals surface area (Å²) < 4.78 is 5.27. The molecule has 0 fully saturated rings. The summed E-state index contributed by atoms with van der Waals surface area (Å²) in [6.45, 7) is 4.23. The number of nitrogens with one attached hydrogen (secondary N) is 1. The standard InChI is InChI=1S/C16H23NO3/c1-13(11-18)14(2)17-16(19)12-20-10-6-9-15-7-4-3-5-8-15/h3-9,13-14,18H,10-12H2,1-2H3,(H,17,19)/b9-6+. The molecule has 1 amide bonds. The number of carbonyl (C=O) groups excluding carboxylic acids is 1. The highest BCUT2D eigenvalue weighted by atomic mass is 16.5. The van der Waals surface area contributed by atoms with E-state index < -0.39 is 0 Å². The average molecular weight is 277 g/mol. The summed E-state index contributed by atoms with van der Waals surface area (Å²) in [6, 6.07) is 9.85. The summed E-state index contributed by atoms with van der Waals surface area (Å²) in [5.41, 5.74) is 1.10. The Kier molecular flexibility index (Phi) is 7.62. The predicted octanol–water partition coefficient (Wildman–Crippen LogP) is 1.85. The summed E-state index contributed by atoms with van der Waals surface area (Å²) in [7, 11) is 0. The molecular formula is C16H23NO3. The van der Waals surface area contributed by atoms with Crippen molar-refractivity contribution in [3.05, 3.63) is 42.0 Å². The number of amides is 1. The molecule has 0 radical (unpaired) electrons. The second kappa shape index (κ2) is 9.28. The van der Waals surface area contributed by atoms with Gasteiger partial charge >= 0.3 is 0 Å². The highest BCUT2D eigenvalue weighted by molar-refractivity contribution is 5.77. The summed E-state index contributed by atoms with van der Waals surface area (Å²) in [6.07, 6.45) is 3.83. The molecule has 4 nitrogen and oxygen atoms in total. The number of hydrogen-bond donors (Lipinski definition) is 2. The van der Waals surface area contributed by atoms with Crippen LogP contribution in [0.15, 0.2) is 36.4 Å². The van der Waals surface area contributed by atoms with Gasteiger partial charge in [0.1, 0.15) is 6.61 Å². The van der Waals surface area contributed by atoms with E-state index in [0.717, 1.165) is 5.56 Å². The molecule has 1 rings (SSSR count). The van der Waals surface area contributed by atoms with Gasteiger partial charge in [0.15, 0.2) is 0 Å². The molecule has 0 aliphatic carbocycles. The van der Waals surface area contributed by atoms with E-state index in [4.69, 9.17) is 9.84 Å². The van der Waals surface area contributed by atoms with Gasteiger partial charge in [-0.25, -0.2) is 0 Å². The number of rotatable bonds is 8. The smallest absolute Gasteiger partial charge is 0.246 e. The van der Waals surface area contributed by atoms with Crippen molar-refractivity contribution in [3.8, 4) is 0 Å². The first kappa shape index (κ1) is 16.4. The van der Waals surface area contributed by atoms with Crippen LogP contribution in [0, 0.1) is 5.92 Å². The normalized spacial score (nSPS) is 14.2. The Morgan fingerprint density at radius 2 is 2.05 bits per heavy atom. The topological polar surface area (TPSA) is 58.6 Å². The van der Waals surface area contributed by atoms with E-state index in [9.17, 15) is 4.79 Å². The molecule has 0 heterocycles. The zero-order valence-corrected chi connectivity index (χ0v) is 12.1. The Bertz CT molecular complexity index is 417. The Hall–Kier alpha value is -1.65. The third kappa shape index (κ3) is 6.50. The van der Waals surface area contributed by atoms with Gasteiger partial charge in [0.05, 0.1) is 6.61 Å². The molecule has 0 spiro atoms. The molecule has 0 aliphatic heterocycles. The molecule has 4 heteroatoms. The van der Waals surface area contributed by atoms with Crippen LogP contribution in [0.25, 0.3) is 6.08 Å². The monoisotopic (exact) mass is 277 g/mol. The lowest BCUT2D eigenvalue weighted by molar-refractivity contribution is -0.126. The summed E-state index contributed by atoms with van der Waals surface area (Å²) in [5, 5.41) is 11.8. The minimum atomic E-state index is -0.161. The highest BCUT2D eigenvalue weighted by Crippen LogP contribution is 2.01. The van der Waals surface area contributed by atoms with Crippen LogP contribution in [-0.2, 0) is 9.53 Å². The minimum Gasteiger partial charge on any atom is -0.396 e. The van der Waals surface area contributed by atoms with Crippen LogP contribution in [0.3, 0.4) is 0 Å². The molecule has 0 bridgehead atoms. The van der Waals surface area contributed by atoms with E-state index in [2.05, 4.69) is 5.32 Å². The van der Waals surface area contributed by atoms with Gasteiger partial charge < -0.3 is 15.2 Å². The average Bonchev–Trinajstić information content (AvgIpc) is 2.47. The molecule has 2 N–H and O–H groups in total. The maximum absolute atomic E-state index is 11.6. The summed E-state index contributed by atoms with van der Waals surface area (Å²) in [4.78, 5) is 11.6. The molecule has 0 saturated carbocycles. The zero-order valence-electron chi connectivity index (χ0n) is 12.1. The van der Waals surface area contributed by atoms with Gasteiger partial charge in [0, 0.05) is 12.6 Å². The molecule has 0 aliphatic rings. The molecule has 2 unspecified atom stereocenters. The number of benzene rings is 1. The van der Waals surface area contributed by atoms with Crippen LogP contribution in [-0.4, -0.2) is 36.9 Å². The number of aliphatic hydroxyl groups excluding tert-OH is 1. The van der Waals surface area contributed by atoms with E-state index in [1.807, 2.05) is 56.3 Å². The van der Waals surface area contributed by atoms with Crippen LogP contribution in [0.2, 0.25) is 0 Å². The van der Waals surface area contributed by atoms with Gasteiger partial charge in [-0.3, -0.25) is 4.79 Å². The van der Waals surface area contributed by atoms with Crippen molar-refractivity contribution in [2.24, 2.45) is 5.92 Å². The zero-order chi connectivity index (χ0) is 14.8. The highest BCUT2D eigenvalue weighted by Gasteiger charge is 2.13. The molecule has 20 heavy (non-hydrogen) atoms. The van der Waals surface area contributed by atoms with Crippen molar-refractivity contribution in [1.29, 1.82) is 0 Å². The van der Waals surface area contributed by atoms with Crippen molar-refractivity contribution in [2.45, 2.75) is 19.9 Å². The van der Waals surface area contributed by atoms with E-state index in [1.165, 1.54) is 0 Å². The van der Waals surface area contributed by atoms with Crippen molar-refractivity contribution in [1.82, 2.24) is 5.32 Å². The largest absolute Gasteiger partial charge is 0.396 e. The van der Waals surface area contributed by atoms with Crippen molar-refractivity contribution < 1.29 is 14.6 Å². The number of hydrogen-bond acceptors (Lipinski definition) is 3. The number of aliphatic hydroxyl groups is 1. The fourth-order valence-corrected chi connectivity index (χ4v) is 1.56. The lowest BCUT2D eigenvalue weighted by Gasteiger charge is -2.18. The van der Waals surface area contributed by atoms with Gasteiger partial charge in [-0.2, -0.15) is 0 Å². The van der Waals surface area contributed by atoms with Gasteiger partial charge in [-0.05, 0) is 18.4 Å². The van der Waals surface area contributed by atoms with Gasteiger partial charge in [0.25, 0.3) is 0 Å². The van der Waals surface area contributed by atoms with Crippen LogP contribution >= 0.6 is 0 Å². The Morgan fingerprint density at radius 1 is 1.35 bits per heavy atom. The minimum absolute atomic E-state index is 0.0294. The third-order valence-electron chi connectivity index (χ3n) is 3.09. The van der Waals surface area contributed by atoms with Crippen molar-refractivity contribution >= 4 is 12.0 Å². The van der Waals surface area contributed by atoms with Crippen LogP contribution in [0.1, 0.15) is 19.4 Å². The molecular weight excluding hydrogens is 254 g/mol. The van der Waals surface area contributed by atoms with Crippen molar-refractivity contribution in [3.63, 3.8) is 0 Å².